The van der Waals surface area contributed by atoms with Gasteiger partial charge in [0.2, 0.25) is 0 Å². The molecule has 3 aromatic rings. The molecule has 0 amide bonds. The van der Waals surface area contributed by atoms with Crippen LogP contribution in [0, 0.1) is 6.92 Å². The Morgan fingerprint density at radius 2 is 1.83 bits per heavy atom. The number of aryl methyl sites for hydroxylation is 2. The van der Waals surface area contributed by atoms with E-state index in [1.54, 1.807) is 0 Å². The summed E-state index contributed by atoms with van der Waals surface area (Å²) in [7, 11) is 2.04. The molecule has 0 saturated heterocycles. The van der Waals surface area contributed by atoms with Crippen molar-refractivity contribution >= 4 is 11.6 Å². The topological polar surface area (TPSA) is 55.4 Å². The van der Waals surface area contributed by atoms with E-state index in [1.807, 2.05) is 13.4 Å². The van der Waals surface area contributed by atoms with E-state index in [0.29, 0.717) is 0 Å². The third-order valence-corrected chi connectivity index (χ3v) is 4.18. The minimum atomic E-state index is 0.719. The van der Waals surface area contributed by atoms with Crippen molar-refractivity contribution in [3.63, 3.8) is 0 Å². The first-order valence-corrected chi connectivity index (χ1v) is 7.50. The van der Waals surface area contributed by atoms with E-state index in [2.05, 4.69) is 61.8 Å². The highest BCUT2D eigenvalue weighted by atomic mass is 15.0. The maximum absolute atomic E-state index is 4.57. The van der Waals surface area contributed by atoms with Crippen LogP contribution in [0.2, 0.25) is 0 Å². The number of fused-ring (bicyclic) bond motifs is 1. The number of aromatic nitrogens is 5. The average molecular weight is 302 g/mol. The van der Waals surface area contributed by atoms with E-state index in [-0.39, 0.29) is 0 Å². The average Bonchev–Trinajstić information content (AvgIpc) is 3.01. The van der Waals surface area contributed by atoms with Crippen LogP contribution >= 0.6 is 0 Å². The number of rotatable bonds is 2. The monoisotopic (exact) mass is 302 g/mol. The lowest BCUT2D eigenvalue weighted by atomic mass is 9.99. The molecule has 1 aromatic carbocycles. The molecule has 5 nitrogen and oxygen atoms in total. The minimum Gasteiger partial charge on any atom is -0.232 e. The van der Waals surface area contributed by atoms with E-state index in [9.17, 15) is 0 Å². The Morgan fingerprint density at radius 1 is 1.04 bits per heavy atom. The number of allylic oxidation sites excluding steroid dienone is 1. The molecular weight excluding hydrogens is 286 g/mol. The molecule has 0 radical (unpaired) electrons. The van der Waals surface area contributed by atoms with E-state index in [1.165, 1.54) is 35.0 Å². The Kier molecular flexibility index (Phi) is 3.19. The quantitative estimate of drug-likeness (QED) is 0.681. The van der Waals surface area contributed by atoms with Crippen LogP contribution in [0.15, 0.2) is 43.2 Å². The first-order valence-electron chi connectivity index (χ1n) is 7.50. The van der Waals surface area contributed by atoms with Crippen LogP contribution in [-0.4, -0.2) is 19.9 Å². The van der Waals surface area contributed by atoms with Crippen molar-refractivity contribution in [3.8, 4) is 11.3 Å². The summed E-state index contributed by atoms with van der Waals surface area (Å²) in [5, 5.41) is 0. The highest BCUT2D eigenvalue weighted by molar-refractivity contribution is 5.87. The first-order chi connectivity index (χ1) is 11.2. The molecule has 0 unspecified atom stereocenters. The minimum absolute atomic E-state index is 0.719. The van der Waals surface area contributed by atoms with E-state index >= 15 is 0 Å². The van der Waals surface area contributed by atoms with Crippen molar-refractivity contribution in [2.75, 3.05) is 0 Å². The molecule has 1 aliphatic rings. The largest absolute Gasteiger partial charge is 0.287 e. The fourth-order valence-corrected chi connectivity index (χ4v) is 3.06. The van der Waals surface area contributed by atoms with Crippen molar-refractivity contribution in [3.05, 3.63) is 65.9 Å². The second kappa shape index (κ2) is 5.35. The maximum Gasteiger partial charge on any atom is 0.287 e. The van der Waals surface area contributed by atoms with E-state index in [4.69, 9.17) is 0 Å². The van der Waals surface area contributed by atoms with Gasteiger partial charge in [0.05, 0.1) is 12.6 Å². The molecule has 0 aliphatic heterocycles. The molecule has 0 N–H and O–H groups in total. The Morgan fingerprint density at radius 3 is 2.61 bits per heavy atom. The van der Waals surface area contributed by atoms with Gasteiger partial charge in [-0.25, -0.2) is 19.5 Å². The molecule has 0 bridgehead atoms. The van der Waals surface area contributed by atoms with Gasteiger partial charge >= 0.3 is 0 Å². The summed E-state index contributed by atoms with van der Waals surface area (Å²) < 4.78 is 2.09. The number of benzene rings is 1. The Labute approximate surface area is 134 Å². The standard InChI is InChI=1S/C18H16N5/c1-12-5-3-4-6-14(12)17-15-7-13(18-20-9-19-10-21-18)8-16(15)22-11-23(17)2/h3-6,8-11H,7H2,1-2H3/q+1. The zero-order chi connectivity index (χ0) is 15.8. The van der Waals surface area contributed by atoms with Crippen LogP contribution in [0.4, 0.5) is 0 Å². The second-order valence-electron chi connectivity index (χ2n) is 5.69. The van der Waals surface area contributed by atoms with Crippen molar-refractivity contribution in [2.45, 2.75) is 13.3 Å². The summed E-state index contributed by atoms with van der Waals surface area (Å²) in [6, 6.07) is 8.43. The predicted octanol–water partition coefficient (Wildman–Crippen LogP) is 2.16. The smallest absolute Gasteiger partial charge is 0.232 e. The maximum atomic E-state index is 4.57. The zero-order valence-corrected chi connectivity index (χ0v) is 13.1. The highest BCUT2D eigenvalue weighted by Gasteiger charge is 2.27. The molecule has 2 heterocycles. The fourth-order valence-electron chi connectivity index (χ4n) is 3.06. The summed E-state index contributed by atoms with van der Waals surface area (Å²) in [6.45, 7) is 2.14. The summed E-state index contributed by atoms with van der Waals surface area (Å²) in [5.41, 5.74) is 6.99. The Balaban J connectivity index is 1.84. The Bertz CT molecular complexity index is 916. The van der Waals surface area contributed by atoms with Gasteiger partial charge < -0.3 is 0 Å². The lowest BCUT2D eigenvalue weighted by molar-refractivity contribution is -0.663. The zero-order valence-electron chi connectivity index (χ0n) is 13.1. The molecule has 0 spiro atoms. The van der Waals surface area contributed by atoms with Gasteiger partial charge in [-0.05, 0) is 23.5 Å². The van der Waals surface area contributed by atoms with E-state index in [0.717, 1.165) is 23.5 Å². The fraction of sp³-hybridized carbons (Fsp3) is 0.167. The molecule has 4 rings (SSSR count). The van der Waals surface area contributed by atoms with Crippen molar-refractivity contribution in [1.29, 1.82) is 0 Å². The van der Waals surface area contributed by atoms with Gasteiger partial charge in [-0.3, -0.25) is 0 Å². The summed E-state index contributed by atoms with van der Waals surface area (Å²) >= 11 is 0. The number of nitrogens with zero attached hydrogens (tertiary/aromatic N) is 5. The van der Waals surface area contributed by atoms with Gasteiger partial charge in [-0.2, -0.15) is 0 Å². The SMILES string of the molecule is Cc1ccccc1-c1c2c(nc[n+]1C)C=C(c1ncncn1)C2. The lowest BCUT2D eigenvalue weighted by Gasteiger charge is -2.10. The Hall–Kier alpha value is -2.95. The van der Waals surface area contributed by atoms with Gasteiger partial charge in [0.25, 0.3) is 6.33 Å². The van der Waals surface area contributed by atoms with Gasteiger partial charge in [-0.1, -0.05) is 24.3 Å². The van der Waals surface area contributed by atoms with Crippen LogP contribution < -0.4 is 4.57 Å². The third-order valence-electron chi connectivity index (χ3n) is 4.18. The van der Waals surface area contributed by atoms with Gasteiger partial charge in [0.1, 0.15) is 18.3 Å². The van der Waals surface area contributed by atoms with Crippen LogP contribution in [-0.2, 0) is 13.5 Å². The van der Waals surface area contributed by atoms with Crippen molar-refractivity contribution in [1.82, 2.24) is 19.9 Å². The molecular formula is C18H16N5+. The second-order valence-corrected chi connectivity index (χ2v) is 5.69. The van der Waals surface area contributed by atoms with Crippen molar-refractivity contribution in [2.24, 2.45) is 7.05 Å². The third kappa shape index (κ3) is 2.30. The highest BCUT2D eigenvalue weighted by Crippen LogP contribution is 2.34. The van der Waals surface area contributed by atoms with Gasteiger partial charge in [-0.15, -0.1) is 0 Å². The molecule has 0 saturated carbocycles. The van der Waals surface area contributed by atoms with Crippen LogP contribution in [0.5, 0.6) is 0 Å². The van der Waals surface area contributed by atoms with Gasteiger partial charge in [0.15, 0.2) is 11.5 Å². The van der Waals surface area contributed by atoms with Crippen molar-refractivity contribution < 1.29 is 4.57 Å². The molecule has 2 aromatic heterocycles. The lowest BCUT2D eigenvalue weighted by Crippen LogP contribution is -2.33. The molecule has 0 atom stereocenters. The normalized spacial score (nSPS) is 12.9. The molecule has 112 valence electrons. The van der Waals surface area contributed by atoms with E-state index < -0.39 is 0 Å². The summed E-state index contributed by atoms with van der Waals surface area (Å²) in [5.74, 6) is 0.719. The molecule has 5 heteroatoms. The predicted molar refractivity (Wildman–Crippen MR) is 87.0 cm³/mol. The summed E-state index contributed by atoms with van der Waals surface area (Å²) in [6.07, 6.45) is 7.79. The molecule has 1 aliphatic carbocycles. The van der Waals surface area contributed by atoms with Crippen LogP contribution in [0.1, 0.15) is 22.6 Å². The molecule has 0 fully saturated rings. The number of hydrogen-bond donors (Lipinski definition) is 0. The molecule has 23 heavy (non-hydrogen) atoms. The number of hydrogen-bond acceptors (Lipinski definition) is 4. The van der Waals surface area contributed by atoms with Crippen LogP contribution in [0.3, 0.4) is 0 Å². The van der Waals surface area contributed by atoms with Crippen LogP contribution in [0.25, 0.3) is 22.9 Å². The van der Waals surface area contributed by atoms with Gasteiger partial charge in [0, 0.05) is 17.6 Å². The summed E-state index contributed by atoms with van der Waals surface area (Å²) in [4.78, 5) is 17.0. The first kappa shape index (κ1) is 13.7.